The second-order valence-electron chi connectivity index (χ2n) is 4.59. The van der Waals surface area contributed by atoms with Gasteiger partial charge in [0, 0.05) is 12.1 Å². The monoisotopic (exact) mass is 255 g/mol. The Bertz CT molecular complexity index is 426. The number of halogens is 2. The third-order valence-corrected chi connectivity index (χ3v) is 3.07. The lowest BCUT2D eigenvalue weighted by Gasteiger charge is -2.11. The second-order valence-corrected chi connectivity index (χ2v) is 4.59. The molecule has 0 bridgehead atoms. The van der Waals surface area contributed by atoms with Crippen LogP contribution in [0.25, 0.3) is 0 Å². The van der Waals surface area contributed by atoms with Crippen molar-refractivity contribution in [3.05, 3.63) is 35.4 Å². The van der Waals surface area contributed by atoms with E-state index >= 15 is 0 Å². The highest BCUT2D eigenvalue weighted by Crippen LogP contribution is 2.32. The zero-order chi connectivity index (χ0) is 13.1. The Morgan fingerprint density at radius 3 is 2.56 bits per heavy atom. The van der Waals surface area contributed by atoms with E-state index < -0.39 is 23.6 Å². The molecule has 0 aliphatic heterocycles. The second kappa shape index (κ2) is 5.44. The lowest BCUT2D eigenvalue weighted by Crippen LogP contribution is -2.34. The molecular weight excluding hydrogens is 240 g/mol. The molecule has 98 valence electrons. The van der Waals surface area contributed by atoms with Crippen molar-refractivity contribution in [2.45, 2.75) is 25.4 Å². The van der Waals surface area contributed by atoms with Gasteiger partial charge in [-0.05, 0) is 30.9 Å². The van der Waals surface area contributed by atoms with Crippen molar-refractivity contribution in [3.8, 4) is 0 Å². The lowest BCUT2D eigenvalue weighted by molar-refractivity contribution is -0.121. The van der Waals surface area contributed by atoms with Crippen LogP contribution in [0.5, 0.6) is 0 Å². The summed E-state index contributed by atoms with van der Waals surface area (Å²) in [6.45, 7) is 0.138. The Hall–Kier alpha value is -1.49. The van der Waals surface area contributed by atoms with Gasteiger partial charge in [0.1, 0.15) is 11.6 Å². The highest BCUT2D eigenvalue weighted by molar-refractivity contribution is 5.78. The van der Waals surface area contributed by atoms with Gasteiger partial charge in [0.15, 0.2) is 0 Å². The summed E-state index contributed by atoms with van der Waals surface area (Å²) < 4.78 is 26.6. The standard InChI is InChI=1S/C13H15F2NO2/c14-10-2-1-3-11(15)9(10)6-13(18)16-7-12(17)8-4-5-8/h1-3,8,12,17H,4-7H2,(H,16,18). The molecule has 0 saturated heterocycles. The zero-order valence-electron chi connectivity index (χ0n) is 9.83. The van der Waals surface area contributed by atoms with Crippen LogP contribution in [-0.2, 0) is 11.2 Å². The van der Waals surface area contributed by atoms with E-state index in [0.29, 0.717) is 0 Å². The first kappa shape index (κ1) is 13.0. The fourth-order valence-corrected chi connectivity index (χ4v) is 1.79. The van der Waals surface area contributed by atoms with Crippen LogP contribution >= 0.6 is 0 Å². The van der Waals surface area contributed by atoms with Crippen LogP contribution < -0.4 is 5.32 Å². The average Bonchev–Trinajstić information content (AvgIpc) is 3.15. The number of aliphatic hydroxyl groups excluding tert-OH is 1. The average molecular weight is 255 g/mol. The molecule has 0 aromatic heterocycles. The topological polar surface area (TPSA) is 49.3 Å². The molecule has 1 aliphatic rings. The first-order valence-corrected chi connectivity index (χ1v) is 5.95. The normalized spacial score (nSPS) is 16.4. The molecule has 0 radical (unpaired) electrons. The third kappa shape index (κ3) is 3.26. The van der Waals surface area contributed by atoms with Crippen LogP contribution in [0.2, 0.25) is 0 Å². The quantitative estimate of drug-likeness (QED) is 0.835. The fourth-order valence-electron chi connectivity index (χ4n) is 1.79. The Kier molecular flexibility index (Phi) is 3.91. The van der Waals surface area contributed by atoms with Crippen LogP contribution in [0.4, 0.5) is 8.78 Å². The molecule has 1 unspecified atom stereocenters. The van der Waals surface area contributed by atoms with E-state index in [9.17, 15) is 18.7 Å². The van der Waals surface area contributed by atoms with Crippen molar-refractivity contribution >= 4 is 5.91 Å². The maximum atomic E-state index is 13.3. The Labute approximate surface area is 104 Å². The predicted molar refractivity (Wildman–Crippen MR) is 61.8 cm³/mol. The minimum absolute atomic E-state index is 0.138. The van der Waals surface area contributed by atoms with Gasteiger partial charge in [-0.2, -0.15) is 0 Å². The summed E-state index contributed by atoms with van der Waals surface area (Å²) in [6.07, 6.45) is 1.04. The molecule has 1 fully saturated rings. The largest absolute Gasteiger partial charge is 0.391 e. The van der Waals surface area contributed by atoms with Crippen LogP contribution in [-0.4, -0.2) is 23.7 Å². The summed E-state index contributed by atoms with van der Waals surface area (Å²) in [7, 11) is 0. The van der Waals surface area contributed by atoms with Crippen molar-refractivity contribution in [2.24, 2.45) is 5.92 Å². The van der Waals surface area contributed by atoms with Gasteiger partial charge in [-0.1, -0.05) is 6.07 Å². The predicted octanol–water partition coefficient (Wildman–Crippen LogP) is 1.39. The maximum absolute atomic E-state index is 13.3. The number of benzene rings is 1. The molecule has 1 aliphatic carbocycles. The first-order chi connectivity index (χ1) is 8.58. The van der Waals surface area contributed by atoms with Gasteiger partial charge >= 0.3 is 0 Å². The summed E-state index contributed by atoms with van der Waals surface area (Å²) in [5.41, 5.74) is -0.240. The number of carbonyl (C=O) groups excluding carboxylic acids is 1. The highest BCUT2D eigenvalue weighted by atomic mass is 19.1. The van der Waals surface area contributed by atoms with Gasteiger partial charge in [-0.3, -0.25) is 4.79 Å². The first-order valence-electron chi connectivity index (χ1n) is 5.95. The number of hydrogen-bond donors (Lipinski definition) is 2. The van der Waals surface area contributed by atoms with Gasteiger partial charge in [0.25, 0.3) is 0 Å². The zero-order valence-corrected chi connectivity index (χ0v) is 9.83. The molecule has 1 saturated carbocycles. The third-order valence-electron chi connectivity index (χ3n) is 3.07. The summed E-state index contributed by atoms with van der Waals surface area (Å²) in [6, 6.07) is 3.48. The number of rotatable bonds is 5. The fraction of sp³-hybridized carbons (Fsp3) is 0.462. The van der Waals surface area contributed by atoms with Crippen LogP contribution in [0, 0.1) is 17.6 Å². The highest BCUT2D eigenvalue weighted by Gasteiger charge is 2.29. The SMILES string of the molecule is O=C(Cc1c(F)cccc1F)NCC(O)C1CC1. The maximum Gasteiger partial charge on any atom is 0.224 e. The van der Waals surface area contributed by atoms with Gasteiger partial charge in [0.05, 0.1) is 12.5 Å². The molecule has 1 amide bonds. The molecule has 0 heterocycles. The van der Waals surface area contributed by atoms with E-state index in [1.54, 1.807) is 0 Å². The molecule has 2 rings (SSSR count). The minimum Gasteiger partial charge on any atom is -0.391 e. The number of carbonyl (C=O) groups is 1. The smallest absolute Gasteiger partial charge is 0.224 e. The number of aliphatic hydroxyl groups is 1. The lowest BCUT2D eigenvalue weighted by atomic mass is 10.1. The molecular formula is C13H15F2NO2. The molecule has 1 atom stereocenters. The number of amides is 1. The summed E-state index contributed by atoms with van der Waals surface area (Å²) in [4.78, 5) is 11.5. The Balaban J connectivity index is 1.86. The van der Waals surface area contributed by atoms with Crippen LogP contribution in [0.3, 0.4) is 0 Å². The van der Waals surface area contributed by atoms with Crippen molar-refractivity contribution in [1.29, 1.82) is 0 Å². The number of nitrogens with one attached hydrogen (secondary N) is 1. The van der Waals surface area contributed by atoms with E-state index in [2.05, 4.69) is 5.32 Å². The van der Waals surface area contributed by atoms with Crippen molar-refractivity contribution in [3.63, 3.8) is 0 Å². The van der Waals surface area contributed by atoms with Gasteiger partial charge in [-0.25, -0.2) is 8.78 Å². The summed E-state index contributed by atoms with van der Waals surface area (Å²) >= 11 is 0. The van der Waals surface area contributed by atoms with E-state index in [0.717, 1.165) is 25.0 Å². The minimum atomic E-state index is -0.729. The number of hydrogen-bond acceptors (Lipinski definition) is 2. The van der Waals surface area contributed by atoms with Gasteiger partial charge < -0.3 is 10.4 Å². The van der Waals surface area contributed by atoms with Crippen molar-refractivity contribution < 1.29 is 18.7 Å². The molecule has 3 nitrogen and oxygen atoms in total. The van der Waals surface area contributed by atoms with E-state index in [4.69, 9.17) is 0 Å². The van der Waals surface area contributed by atoms with E-state index in [1.807, 2.05) is 0 Å². The Morgan fingerprint density at radius 2 is 2.00 bits per heavy atom. The van der Waals surface area contributed by atoms with Gasteiger partial charge in [0.2, 0.25) is 5.91 Å². The van der Waals surface area contributed by atoms with Crippen LogP contribution in [0.15, 0.2) is 18.2 Å². The van der Waals surface area contributed by atoms with Crippen molar-refractivity contribution in [2.75, 3.05) is 6.54 Å². The molecule has 0 spiro atoms. The molecule has 18 heavy (non-hydrogen) atoms. The summed E-state index contributed by atoms with van der Waals surface area (Å²) in [5.74, 6) is -1.69. The van der Waals surface area contributed by atoms with E-state index in [-0.39, 0.29) is 24.4 Å². The molecule has 1 aromatic rings. The molecule has 5 heteroatoms. The molecule has 2 N–H and O–H groups in total. The molecule has 1 aromatic carbocycles. The van der Waals surface area contributed by atoms with Crippen molar-refractivity contribution in [1.82, 2.24) is 5.32 Å². The summed E-state index contributed by atoms with van der Waals surface area (Å²) in [5, 5.41) is 12.0. The van der Waals surface area contributed by atoms with Crippen LogP contribution in [0.1, 0.15) is 18.4 Å². The van der Waals surface area contributed by atoms with E-state index in [1.165, 1.54) is 6.07 Å². The Morgan fingerprint density at radius 1 is 1.39 bits per heavy atom. The van der Waals surface area contributed by atoms with Gasteiger partial charge in [-0.15, -0.1) is 0 Å².